The molecule has 0 spiro atoms. The Hall–Kier alpha value is -2.42. The quantitative estimate of drug-likeness (QED) is 0.236. The summed E-state index contributed by atoms with van der Waals surface area (Å²) < 4.78 is 0. The molecule has 5 N–H and O–H groups in total. The van der Waals surface area contributed by atoms with Crippen molar-refractivity contribution in [3.63, 3.8) is 0 Å². The number of nitrogens with two attached hydrogens (primary N) is 1. The number of rotatable bonds is 4. The molecule has 0 aromatic carbocycles. The lowest BCUT2D eigenvalue weighted by Crippen LogP contribution is -2.47. The van der Waals surface area contributed by atoms with Gasteiger partial charge in [0.05, 0.1) is 6.54 Å². The van der Waals surface area contributed by atoms with E-state index in [-0.39, 0.29) is 29.0 Å². The predicted molar refractivity (Wildman–Crippen MR) is 75.2 cm³/mol. The minimum absolute atomic E-state index is 0.0507. The zero-order valence-electron chi connectivity index (χ0n) is 11.5. The van der Waals surface area contributed by atoms with Crippen LogP contribution in [0.5, 0.6) is 0 Å². The van der Waals surface area contributed by atoms with E-state index in [4.69, 9.17) is 10.9 Å². The number of likely N-dealkylation sites (tertiary alicyclic amines) is 1. The number of piperidine rings is 1. The molecule has 0 aliphatic carbocycles. The van der Waals surface area contributed by atoms with Gasteiger partial charge in [0.1, 0.15) is 5.69 Å². The number of carbonyl (C=O) groups is 1. The van der Waals surface area contributed by atoms with E-state index in [1.165, 1.54) is 12.1 Å². The highest BCUT2D eigenvalue weighted by atomic mass is 16.4. The van der Waals surface area contributed by atoms with Crippen molar-refractivity contribution >= 4 is 11.7 Å². The molecular formula is C12H18N6O3. The molecule has 2 heterocycles. The fourth-order valence-corrected chi connectivity index (χ4v) is 2.23. The van der Waals surface area contributed by atoms with Gasteiger partial charge in [0.15, 0.2) is 5.84 Å². The molecule has 2 rings (SSSR count). The van der Waals surface area contributed by atoms with Crippen LogP contribution >= 0.6 is 0 Å². The summed E-state index contributed by atoms with van der Waals surface area (Å²) in [5.74, 6) is -0.129. The first-order valence-corrected chi connectivity index (χ1v) is 6.64. The molecular weight excluding hydrogens is 276 g/mol. The van der Waals surface area contributed by atoms with Crippen LogP contribution in [0.15, 0.2) is 22.1 Å². The lowest BCUT2D eigenvalue weighted by molar-refractivity contribution is 0.0908. The van der Waals surface area contributed by atoms with E-state index in [0.29, 0.717) is 6.54 Å². The molecule has 0 radical (unpaired) electrons. The number of carbonyl (C=O) groups excluding carboxylic acids is 1. The van der Waals surface area contributed by atoms with Crippen LogP contribution in [0.4, 0.5) is 0 Å². The molecule has 1 fully saturated rings. The lowest BCUT2D eigenvalue weighted by Gasteiger charge is -2.31. The second-order valence-corrected chi connectivity index (χ2v) is 4.92. The third-order valence-electron chi connectivity index (χ3n) is 3.35. The van der Waals surface area contributed by atoms with Gasteiger partial charge in [0, 0.05) is 25.2 Å². The van der Waals surface area contributed by atoms with Crippen molar-refractivity contribution in [1.29, 1.82) is 0 Å². The maximum atomic E-state index is 11.9. The van der Waals surface area contributed by atoms with Gasteiger partial charge in [0.25, 0.3) is 11.5 Å². The Bertz CT molecular complexity index is 556. The first kappa shape index (κ1) is 15.0. The Morgan fingerprint density at radius 3 is 2.81 bits per heavy atom. The maximum Gasteiger partial charge on any atom is 0.271 e. The van der Waals surface area contributed by atoms with Crippen molar-refractivity contribution in [2.75, 3.05) is 19.6 Å². The molecule has 1 aromatic heterocycles. The van der Waals surface area contributed by atoms with Crippen LogP contribution in [-0.2, 0) is 0 Å². The minimum Gasteiger partial charge on any atom is -0.409 e. The Labute approximate surface area is 120 Å². The predicted octanol–water partition coefficient (Wildman–Crippen LogP) is -1.29. The number of H-pyrrole nitrogens is 1. The van der Waals surface area contributed by atoms with E-state index in [0.717, 1.165) is 25.9 Å². The van der Waals surface area contributed by atoms with Crippen molar-refractivity contribution in [2.45, 2.75) is 18.9 Å². The van der Waals surface area contributed by atoms with Gasteiger partial charge in [-0.05, 0) is 18.9 Å². The highest BCUT2D eigenvalue weighted by Crippen LogP contribution is 2.10. The van der Waals surface area contributed by atoms with E-state index in [2.05, 4.69) is 25.6 Å². The normalized spacial score (nSPS) is 17.6. The Morgan fingerprint density at radius 2 is 2.24 bits per heavy atom. The number of nitrogens with zero attached hydrogens (tertiary/aromatic N) is 3. The van der Waals surface area contributed by atoms with Crippen LogP contribution in [0.25, 0.3) is 0 Å². The minimum atomic E-state index is -0.344. The third-order valence-corrected chi connectivity index (χ3v) is 3.35. The van der Waals surface area contributed by atoms with Crippen molar-refractivity contribution < 1.29 is 10.0 Å². The molecule has 9 heteroatoms. The number of nitrogens with one attached hydrogen (secondary N) is 2. The highest BCUT2D eigenvalue weighted by molar-refractivity contribution is 5.92. The van der Waals surface area contributed by atoms with Gasteiger partial charge in [-0.3, -0.25) is 14.5 Å². The number of oxime groups is 1. The molecule has 1 aliphatic rings. The number of amides is 1. The number of aromatic nitrogens is 2. The summed E-state index contributed by atoms with van der Waals surface area (Å²) in [5.41, 5.74) is 5.30. The smallest absolute Gasteiger partial charge is 0.271 e. The van der Waals surface area contributed by atoms with E-state index < -0.39 is 0 Å². The van der Waals surface area contributed by atoms with Crippen LogP contribution in [0, 0.1) is 0 Å². The van der Waals surface area contributed by atoms with Crippen LogP contribution in [0.3, 0.4) is 0 Å². The van der Waals surface area contributed by atoms with Crippen molar-refractivity contribution in [1.82, 2.24) is 20.4 Å². The van der Waals surface area contributed by atoms with Crippen molar-refractivity contribution in [3.8, 4) is 0 Å². The van der Waals surface area contributed by atoms with E-state index in [1.807, 2.05) is 0 Å². The van der Waals surface area contributed by atoms with Crippen LogP contribution in [-0.4, -0.2) is 57.7 Å². The van der Waals surface area contributed by atoms with E-state index >= 15 is 0 Å². The third kappa shape index (κ3) is 4.28. The maximum absolute atomic E-state index is 11.9. The molecule has 1 saturated heterocycles. The highest BCUT2D eigenvalue weighted by Gasteiger charge is 2.22. The fraction of sp³-hybridized carbons (Fsp3) is 0.500. The summed E-state index contributed by atoms with van der Waals surface area (Å²) in [7, 11) is 0. The molecule has 1 aliphatic heterocycles. The molecule has 0 saturated carbocycles. The molecule has 0 unspecified atom stereocenters. The molecule has 0 atom stereocenters. The average molecular weight is 294 g/mol. The lowest BCUT2D eigenvalue weighted by atomic mass is 10.0. The summed E-state index contributed by atoms with van der Waals surface area (Å²) in [5, 5.41) is 20.3. The number of amidine groups is 1. The van der Waals surface area contributed by atoms with Crippen LogP contribution < -0.4 is 16.6 Å². The van der Waals surface area contributed by atoms with E-state index in [1.54, 1.807) is 0 Å². The van der Waals surface area contributed by atoms with Crippen LogP contribution in [0.1, 0.15) is 23.3 Å². The summed E-state index contributed by atoms with van der Waals surface area (Å²) in [6, 6.07) is 2.71. The van der Waals surface area contributed by atoms with Gasteiger partial charge in [-0.1, -0.05) is 5.16 Å². The molecule has 1 amide bonds. The first-order chi connectivity index (χ1) is 10.1. The van der Waals surface area contributed by atoms with Crippen molar-refractivity contribution in [2.24, 2.45) is 10.9 Å². The summed E-state index contributed by atoms with van der Waals surface area (Å²) in [6.45, 7) is 1.92. The van der Waals surface area contributed by atoms with Crippen molar-refractivity contribution in [3.05, 3.63) is 28.2 Å². The van der Waals surface area contributed by atoms with Gasteiger partial charge >= 0.3 is 0 Å². The Balaban J connectivity index is 1.82. The van der Waals surface area contributed by atoms with Gasteiger partial charge in [-0.15, -0.1) is 0 Å². The molecule has 1 aromatic rings. The monoisotopic (exact) mass is 294 g/mol. The number of hydrogen-bond donors (Lipinski definition) is 4. The largest absolute Gasteiger partial charge is 0.409 e. The molecule has 9 nitrogen and oxygen atoms in total. The summed E-state index contributed by atoms with van der Waals surface area (Å²) >= 11 is 0. The zero-order valence-corrected chi connectivity index (χ0v) is 11.5. The van der Waals surface area contributed by atoms with Crippen LogP contribution in [0.2, 0.25) is 0 Å². The number of aromatic amines is 1. The molecule has 21 heavy (non-hydrogen) atoms. The molecule has 114 valence electrons. The van der Waals surface area contributed by atoms with Gasteiger partial charge < -0.3 is 16.3 Å². The number of hydrogen-bond acceptors (Lipinski definition) is 6. The second kappa shape index (κ2) is 6.84. The molecule has 0 bridgehead atoms. The zero-order chi connectivity index (χ0) is 15.2. The standard InChI is InChI=1S/C12H18N6O3/c13-10(17-21)7-18-5-3-8(4-6-18)14-12(20)9-1-2-11(19)16-15-9/h1-2,8,21H,3-7H2,(H2,13,17)(H,14,20)(H,16,19). The Morgan fingerprint density at radius 1 is 1.52 bits per heavy atom. The summed E-state index contributed by atoms with van der Waals surface area (Å²) in [6.07, 6.45) is 1.54. The van der Waals surface area contributed by atoms with Gasteiger partial charge in [0.2, 0.25) is 0 Å². The SMILES string of the molecule is N/C(CN1CCC(NC(=O)c2ccc(=O)[nH]n2)CC1)=N/O. The Kier molecular flexibility index (Phi) is 4.88. The van der Waals surface area contributed by atoms with Gasteiger partial charge in [-0.25, -0.2) is 5.10 Å². The topological polar surface area (TPSA) is 137 Å². The second-order valence-electron chi connectivity index (χ2n) is 4.92. The average Bonchev–Trinajstić information content (AvgIpc) is 2.49. The van der Waals surface area contributed by atoms with Gasteiger partial charge in [-0.2, -0.15) is 5.10 Å². The van der Waals surface area contributed by atoms with E-state index in [9.17, 15) is 9.59 Å². The summed E-state index contributed by atoms with van der Waals surface area (Å²) in [4.78, 5) is 24.9. The first-order valence-electron chi connectivity index (χ1n) is 6.64. The fourth-order valence-electron chi connectivity index (χ4n) is 2.23.